The van der Waals surface area contributed by atoms with Crippen LogP contribution in [0.15, 0.2) is 24.3 Å². The van der Waals surface area contributed by atoms with Crippen LogP contribution in [0.3, 0.4) is 0 Å². The Morgan fingerprint density at radius 1 is 1.34 bits per heavy atom. The molecule has 0 spiro atoms. The number of nitrogens with one attached hydrogen (secondary N) is 1. The van der Waals surface area contributed by atoms with Crippen molar-refractivity contribution in [2.45, 2.75) is 37.9 Å². The van der Waals surface area contributed by atoms with Crippen LogP contribution in [0.1, 0.15) is 31.7 Å². The summed E-state index contributed by atoms with van der Waals surface area (Å²) in [6.07, 6.45) is 0.287. The molecule has 9 nitrogen and oxygen atoms in total. The molecule has 158 valence electrons. The third-order valence-corrected chi connectivity index (χ3v) is 5.39. The predicted octanol–water partition coefficient (Wildman–Crippen LogP) is 1.08. The second-order valence-electron chi connectivity index (χ2n) is 7.58. The molecule has 2 aliphatic heterocycles. The number of cyclic esters (lactones) is 1. The van der Waals surface area contributed by atoms with E-state index in [0.717, 1.165) is 0 Å². The quantitative estimate of drug-likeness (QED) is 0.352. The summed E-state index contributed by atoms with van der Waals surface area (Å²) in [5, 5.41) is 18.0. The number of nitrogens with zero attached hydrogens (tertiary/aromatic N) is 2. The molecule has 0 aliphatic carbocycles. The highest BCUT2D eigenvalue weighted by molar-refractivity contribution is 5.96. The number of benzene rings is 1. The lowest BCUT2D eigenvalue weighted by Gasteiger charge is -2.38. The van der Waals surface area contributed by atoms with E-state index in [1.54, 1.807) is 36.1 Å². The maximum Gasteiger partial charge on any atom is 0.414 e. The highest BCUT2D eigenvalue weighted by atomic mass is 16.6. The molecule has 1 aromatic carbocycles. The van der Waals surface area contributed by atoms with E-state index < -0.39 is 11.7 Å². The fraction of sp³-hybridized carbons (Fsp3) is 0.550. The van der Waals surface area contributed by atoms with E-state index in [1.807, 2.05) is 0 Å². The number of nitrogens with two attached hydrogens (primary N) is 1. The van der Waals surface area contributed by atoms with Crippen molar-refractivity contribution in [3.05, 3.63) is 29.8 Å². The Labute approximate surface area is 169 Å². The van der Waals surface area contributed by atoms with Crippen LogP contribution in [0, 0.1) is 5.41 Å². The van der Waals surface area contributed by atoms with Crippen molar-refractivity contribution in [2.24, 2.45) is 5.73 Å². The molecule has 1 unspecified atom stereocenters. The van der Waals surface area contributed by atoms with E-state index in [2.05, 4.69) is 4.90 Å². The van der Waals surface area contributed by atoms with Crippen LogP contribution >= 0.6 is 0 Å². The Kier molecular flexibility index (Phi) is 6.39. The molecule has 4 N–H and O–H groups in total. The highest BCUT2D eigenvalue weighted by Gasteiger charge is 2.38. The minimum absolute atomic E-state index is 0.0110. The van der Waals surface area contributed by atoms with Crippen molar-refractivity contribution in [2.75, 3.05) is 37.7 Å². The molecule has 2 saturated heterocycles. The van der Waals surface area contributed by atoms with Gasteiger partial charge in [0.15, 0.2) is 0 Å². The molecule has 0 bridgehead atoms. The normalized spacial score (nSPS) is 21.7. The lowest BCUT2D eigenvalue weighted by Crippen LogP contribution is -2.48. The minimum Gasteiger partial charge on any atom is -0.466 e. The number of amides is 1. The van der Waals surface area contributed by atoms with Gasteiger partial charge in [0.2, 0.25) is 0 Å². The summed E-state index contributed by atoms with van der Waals surface area (Å²) in [7, 11) is 0. The van der Waals surface area contributed by atoms with Gasteiger partial charge in [-0.1, -0.05) is 0 Å². The molecule has 1 atom stereocenters. The molecule has 0 aromatic heterocycles. The molecular formula is C20H28N4O5. The molecule has 9 heteroatoms. The number of likely N-dealkylation sites (tertiary alicyclic amines) is 1. The van der Waals surface area contributed by atoms with Crippen LogP contribution in [0.5, 0.6) is 0 Å². The molecule has 0 radical (unpaired) electrons. The Bertz CT molecular complexity index is 759. The molecule has 2 fully saturated rings. The lowest BCUT2D eigenvalue weighted by molar-refractivity contribution is -0.150. The summed E-state index contributed by atoms with van der Waals surface area (Å²) in [5.41, 5.74) is 5.73. The Morgan fingerprint density at radius 2 is 2.00 bits per heavy atom. The molecule has 3 rings (SSSR count). The van der Waals surface area contributed by atoms with Gasteiger partial charge in [-0.05, 0) is 44.0 Å². The molecule has 1 amide bonds. The molecule has 2 aliphatic rings. The van der Waals surface area contributed by atoms with E-state index in [-0.39, 0.29) is 24.3 Å². The van der Waals surface area contributed by atoms with Gasteiger partial charge in [-0.15, -0.1) is 0 Å². The third-order valence-electron chi connectivity index (χ3n) is 5.39. The number of nitrogen functional groups attached to an aromatic ring is 1. The van der Waals surface area contributed by atoms with Crippen LogP contribution in [-0.4, -0.2) is 72.4 Å². The zero-order valence-electron chi connectivity index (χ0n) is 16.6. The second kappa shape index (κ2) is 8.79. The van der Waals surface area contributed by atoms with E-state index in [4.69, 9.17) is 20.6 Å². The SMILES string of the molecule is CCOC(=O)CC1(O)CCN(CC2CN(c3ccc(C(=N)N)cc3)C(=O)O2)CC1. The summed E-state index contributed by atoms with van der Waals surface area (Å²) in [6, 6.07) is 6.90. The summed E-state index contributed by atoms with van der Waals surface area (Å²) >= 11 is 0. The van der Waals surface area contributed by atoms with E-state index >= 15 is 0 Å². The first-order chi connectivity index (χ1) is 13.8. The number of esters is 1. The first-order valence-electron chi connectivity index (χ1n) is 9.82. The third kappa shape index (κ3) is 5.24. The molecule has 2 heterocycles. The molecule has 1 aromatic rings. The van der Waals surface area contributed by atoms with Crippen molar-refractivity contribution >= 4 is 23.6 Å². The first-order valence-corrected chi connectivity index (χ1v) is 9.82. The monoisotopic (exact) mass is 404 g/mol. The molecule has 0 saturated carbocycles. The molecular weight excluding hydrogens is 376 g/mol. The summed E-state index contributed by atoms with van der Waals surface area (Å²) in [5.74, 6) is -0.397. The second-order valence-corrected chi connectivity index (χ2v) is 7.58. The maximum atomic E-state index is 12.3. The van der Waals surface area contributed by atoms with E-state index in [0.29, 0.717) is 56.9 Å². The topological polar surface area (TPSA) is 129 Å². The highest BCUT2D eigenvalue weighted by Crippen LogP contribution is 2.28. The average Bonchev–Trinajstić information content (AvgIpc) is 3.04. The Morgan fingerprint density at radius 3 is 2.59 bits per heavy atom. The van der Waals surface area contributed by atoms with Gasteiger partial charge in [0.1, 0.15) is 11.9 Å². The number of hydrogen-bond donors (Lipinski definition) is 3. The fourth-order valence-electron chi connectivity index (χ4n) is 3.75. The Hall–Kier alpha value is -2.65. The summed E-state index contributed by atoms with van der Waals surface area (Å²) in [6.45, 7) is 4.30. The predicted molar refractivity (Wildman–Crippen MR) is 107 cm³/mol. The number of anilines is 1. The smallest absolute Gasteiger partial charge is 0.414 e. The van der Waals surface area contributed by atoms with Gasteiger partial charge in [-0.2, -0.15) is 0 Å². The first kappa shape index (κ1) is 21.1. The van der Waals surface area contributed by atoms with Gasteiger partial charge in [0.05, 0.1) is 25.2 Å². The van der Waals surface area contributed by atoms with Crippen molar-refractivity contribution in [3.63, 3.8) is 0 Å². The number of amidine groups is 1. The summed E-state index contributed by atoms with van der Waals surface area (Å²) in [4.78, 5) is 27.6. The lowest BCUT2D eigenvalue weighted by atomic mass is 9.88. The number of carbonyl (C=O) groups is 2. The number of aliphatic hydroxyl groups is 1. The zero-order valence-corrected chi connectivity index (χ0v) is 16.6. The van der Waals surface area contributed by atoms with Gasteiger partial charge in [-0.3, -0.25) is 20.0 Å². The summed E-state index contributed by atoms with van der Waals surface area (Å²) < 4.78 is 10.4. The number of rotatable bonds is 7. The van der Waals surface area contributed by atoms with Gasteiger partial charge in [0, 0.05) is 30.9 Å². The average molecular weight is 404 g/mol. The standard InChI is InChI=1S/C20H28N4O5/c1-2-28-17(25)11-20(27)7-9-23(10-8-20)12-16-13-24(19(26)29-16)15-5-3-14(4-6-15)18(21)22/h3-6,16,27H,2,7-13H2,1H3,(H3,21,22). The van der Waals surface area contributed by atoms with E-state index in [9.17, 15) is 14.7 Å². The number of carbonyl (C=O) groups excluding carboxylic acids is 2. The van der Waals surface area contributed by atoms with Crippen molar-refractivity contribution in [3.8, 4) is 0 Å². The number of hydrogen-bond acceptors (Lipinski definition) is 7. The number of ether oxygens (including phenoxy) is 2. The van der Waals surface area contributed by atoms with Crippen LogP contribution in [0.4, 0.5) is 10.5 Å². The maximum absolute atomic E-state index is 12.3. The van der Waals surface area contributed by atoms with Crippen LogP contribution in [0.25, 0.3) is 0 Å². The van der Waals surface area contributed by atoms with Crippen LogP contribution < -0.4 is 10.6 Å². The Balaban J connectivity index is 1.50. The van der Waals surface area contributed by atoms with Gasteiger partial charge < -0.3 is 20.3 Å². The number of piperidine rings is 1. The van der Waals surface area contributed by atoms with E-state index in [1.165, 1.54) is 0 Å². The van der Waals surface area contributed by atoms with Crippen molar-refractivity contribution < 1.29 is 24.2 Å². The largest absolute Gasteiger partial charge is 0.466 e. The van der Waals surface area contributed by atoms with Crippen LogP contribution in [-0.2, 0) is 14.3 Å². The molecule has 29 heavy (non-hydrogen) atoms. The van der Waals surface area contributed by atoms with Gasteiger partial charge >= 0.3 is 12.1 Å². The van der Waals surface area contributed by atoms with Gasteiger partial charge in [0.25, 0.3) is 0 Å². The van der Waals surface area contributed by atoms with Crippen molar-refractivity contribution in [1.29, 1.82) is 5.41 Å². The minimum atomic E-state index is -1.03. The fourth-order valence-corrected chi connectivity index (χ4v) is 3.75. The van der Waals surface area contributed by atoms with Crippen LogP contribution in [0.2, 0.25) is 0 Å². The van der Waals surface area contributed by atoms with Gasteiger partial charge in [-0.25, -0.2) is 4.79 Å². The van der Waals surface area contributed by atoms with Crippen molar-refractivity contribution in [1.82, 2.24) is 4.90 Å². The zero-order chi connectivity index (χ0) is 21.0.